The number of amides is 2. The average molecular weight is 442 g/mol. The topological polar surface area (TPSA) is 91.1 Å². The van der Waals surface area contributed by atoms with E-state index in [2.05, 4.69) is 5.32 Å². The van der Waals surface area contributed by atoms with Gasteiger partial charge in [0.2, 0.25) is 5.91 Å². The Morgan fingerprint density at radius 1 is 1.38 bits per heavy atom. The largest absolute Gasteiger partial charge is 0.442 e. The number of hydrogen-bond donors (Lipinski definition) is 2. The van der Waals surface area contributed by atoms with Gasteiger partial charge in [0.05, 0.1) is 35.2 Å². The maximum Gasteiger partial charge on any atom is 0.414 e. The van der Waals surface area contributed by atoms with Gasteiger partial charge in [0.1, 0.15) is 11.9 Å². The van der Waals surface area contributed by atoms with Crippen molar-refractivity contribution in [2.75, 3.05) is 54.8 Å². The Balaban J connectivity index is 1.62. The van der Waals surface area contributed by atoms with Crippen molar-refractivity contribution in [3.05, 3.63) is 24.0 Å². The van der Waals surface area contributed by atoms with Crippen LogP contribution in [-0.4, -0.2) is 73.0 Å². The van der Waals surface area contributed by atoms with Crippen LogP contribution < -0.4 is 20.3 Å². The van der Waals surface area contributed by atoms with E-state index in [0.29, 0.717) is 55.6 Å². The summed E-state index contributed by atoms with van der Waals surface area (Å²) >= 11 is 5.97. The Labute approximate surface area is 178 Å². The molecule has 0 aliphatic carbocycles. The zero-order valence-electron chi connectivity index (χ0n) is 16.1. The highest BCUT2D eigenvalue weighted by atomic mass is 32.2. The quantitative estimate of drug-likeness (QED) is 0.505. The highest BCUT2D eigenvalue weighted by molar-refractivity contribution is 7.97. The van der Waals surface area contributed by atoms with E-state index >= 15 is 0 Å². The van der Waals surface area contributed by atoms with E-state index in [9.17, 15) is 14.0 Å². The molecule has 1 aromatic rings. The van der Waals surface area contributed by atoms with Crippen molar-refractivity contribution >= 4 is 52.5 Å². The van der Waals surface area contributed by atoms with Gasteiger partial charge in [-0.3, -0.25) is 14.8 Å². The third-order valence-corrected chi connectivity index (χ3v) is 5.43. The van der Waals surface area contributed by atoms with Crippen LogP contribution in [0.5, 0.6) is 0 Å². The van der Waals surface area contributed by atoms with Gasteiger partial charge in [-0.05, 0) is 25.1 Å². The number of ether oxygens (including phenoxy) is 1. The average Bonchev–Trinajstić information content (AvgIpc) is 3.07. The number of hydrogen-bond acceptors (Lipinski definition) is 7. The Hall–Kier alpha value is -2.11. The van der Waals surface area contributed by atoms with Crippen molar-refractivity contribution in [1.29, 1.82) is 0 Å². The number of carbonyl (C=O) groups is 2. The molecule has 3 N–H and O–H groups in total. The summed E-state index contributed by atoms with van der Waals surface area (Å²) in [6, 6.07) is 4.72. The Kier molecular flexibility index (Phi) is 7.14. The van der Waals surface area contributed by atoms with Crippen LogP contribution >= 0.6 is 24.2 Å². The fourth-order valence-corrected chi connectivity index (χ4v) is 3.78. The van der Waals surface area contributed by atoms with Crippen LogP contribution in [0.25, 0.3) is 0 Å². The zero-order valence-corrected chi connectivity index (χ0v) is 17.7. The van der Waals surface area contributed by atoms with Gasteiger partial charge in [-0.25, -0.2) is 9.18 Å². The minimum absolute atomic E-state index is 0.00612. The molecule has 0 spiro atoms. The van der Waals surface area contributed by atoms with Gasteiger partial charge < -0.3 is 19.9 Å². The maximum atomic E-state index is 14.8. The first kappa shape index (κ1) is 21.6. The molecule has 0 saturated carbocycles. The number of thiocarbonyl (C=S) groups is 1. The fourth-order valence-electron chi connectivity index (χ4n) is 3.38. The molecule has 2 aliphatic heterocycles. The van der Waals surface area contributed by atoms with Gasteiger partial charge in [0.25, 0.3) is 0 Å². The number of cyclic esters (lactones) is 1. The fraction of sp³-hybridized carbons (Fsp3) is 0.500. The third kappa shape index (κ3) is 5.28. The summed E-state index contributed by atoms with van der Waals surface area (Å²) in [6.07, 6.45) is -0.851. The molecule has 2 saturated heterocycles. The Morgan fingerprint density at radius 3 is 2.72 bits per heavy atom. The first-order chi connectivity index (χ1) is 13.9. The van der Waals surface area contributed by atoms with Crippen molar-refractivity contribution in [3.63, 3.8) is 0 Å². The van der Waals surface area contributed by atoms with E-state index < -0.39 is 11.9 Å². The molecule has 3 rings (SSSR count). The van der Waals surface area contributed by atoms with E-state index in [1.54, 1.807) is 24.0 Å². The molecule has 29 heavy (non-hydrogen) atoms. The second-order valence-corrected chi connectivity index (χ2v) is 8.10. The number of halogens is 1. The van der Waals surface area contributed by atoms with Crippen LogP contribution in [0.2, 0.25) is 0 Å². The van der Waals surface area contributed by atoms with Crippen molar-refractivity contribution < 1.29 is 18.7 Å². The number of nitrogens with one attached hydrogen (secondary N) is 1. The van der Waals surface area contributed by atoms with Crippen LogP contribution in [-0.2, 0) is 9.53 Å². The molecule has 0 bridgehead atoms. The first-order valence-electron chi connectivity index (χ1n) is 9.25. The molecule has 2 fully saturated rings. The Morgan fingerprint density at radius 2 is 2.10 bits per heavy atom. The highest BCUT2D eigenvalue weighted by Gasteiger charge is 2.33. The third-order valence-electron chi connectivity index (χ3n) is 4.88. The molecular formula is C18H24FN5O3S2. The summed E-state index contributed by atoms with van der Waals surface area (Å²) in [5.41, 5.74) is 0.905. The van der Waals surface area contributed by atoms with Crippen molar-refractivity contribution in [2.45, 2.75) is 13.0 Å². The number of rotatable bonds is 6. The lowest BCUT2D eigenvalue weighted by Crippen LogP contribution is -2.49. The van der Waals surface area contributed by atoms with Crippen LogP contribution in [0.1, 0.15) is 6.92 Å². The standard InChI is InChI=1S/C18H24FN5O3S2/c1-12(28)21-9-14-10-24(18(26)27-14)13-2-3-16(15(19)8-13)22-4-6-23(7-5-22)17(25)11-29-20/h2-3,8,14H,4-7,9-11,20H2,1H3,(H,21,28). The molecule has 0 aromatic heterocycles. The molecule has 1 atom stereocenters. The number of nitrogens with two attached hydrogens (primary N) is 1. The van der Waals surface area contributed by atoms with Crippen molar-refractivity contribution in [2.24, 2.45) is 5.14 Å². The van der Waals surface area contributed by atoms with E-state index in [0.717, 1.165) is 11.9 Å². The molecular weight excluding hydrogens is 417 g/mol. The summed E-state index contributed by atoms with van der Waals surface area (Å²) in [5.74, 6) is -0.174. The molecule has 2 heterocycles. The molecule has 11 heteroatoms. The zero-order chi connectivity index (χ0) is 21.0. The smallest absolute Gasteiger partial charge is 0.414 e. The van der Waals surface area contributed by atoms with Gasteiger partial charge in [-0.2, -0.15) is 0 Å². The van der Waals surface area contributed by atoms with E-state index in [1.807, 2.05) is 4.90 Å². The summed E-state index contributed by atoms with van der Waals surface area (Å²) in [6.45, 7) is 4.61. The molecule has 0 radical (unpaired) electrons. The first-order valence-corrected chi connectivity index (χ1v) is 10.7. The lowest BCUT2D eigenvalue weighted by molar-refractivity contribution is -0.128. The molecule has 1 aromatic carbocycles. The summed E-state index contributed by atoms with van der Waals surface area (Å²) in [5, 5.41) is 8.33. The molecule has 2 amide bonds. The summed E-state index contributed by atoms with van der Waals surface area (Å²) in [4.78, 5) is 29.7. The summed E-state index contributed by atoms with van der Waals surface area (Å²) < 4.78 is 20.1. The van der Waals surface area contributed by atoms with Gasteiger partial charge in [-0.15, -0.1) is 0 Å². The van der Waals surface area contributed by atoms with Crippen molar-refractivity contribution in [1.82, 2.24) is 10.2 Å². The molecule has 8 nitrogen and oxygen atoms in total. The van der Waals surface area contributed by atoms with E-state index in [1.165, 1.54) is 11.0 Å². The monoisotopic (exact) mass is 441 g/mol. The number of carbonyl (C=O) groups excluding carboxylic acids is 2. The highest BCUT2D eigenvalue weighted by Crippen LogP contribution is 2.28. The van der Waals surface area contributed by atoms with Crippen LogP contribution in [0.4, 0.5) is 20.6 Å². The van der Waals surface area contributed by atoms with Gasteiger partial charge in [0, 0.05) is 26.2 Å². The van der Waals surface area contributed by atoms with Crippen LogP contribution in [0.15, 0.2) is 18.2 Å². The number of benzene rings is 1. The number of piperazine rings is 1. The predicted molar refractivity (Wildman–Crippen MR) is 116 cm³/mol. The van der Waals surface area contributed by atoms with E-state index in [4.69, 9.17) is 22.1 Å². The van der Waals surface area contributed by atoms with Gasteiger partial charge >= 0.3 is 6.09 Å². The second kappa shape index (κ2) is 9.59. The lowest BCUT2D eigenvalue weighted by Gasteiger charge is -2.36. The SMILES string of the molecule is CC(=S)NCC1CN(c2ccc(N3CCN(C(=O)CSN)CC3)c(F)c2)C(=O)O1. The molecule has 1 unspecified atom stereocenters. The van der Waals surface area contributed by atoms with Crippen LogP contribution in [0, 0.1) is 5.82 Å². The molecule has 158 valence electrons. The predicted octanol–water partition coefficient (Wildman–Crippen LogP) is 1.34. The Bertz CT molecular complexity index is 789. The second-order valence-electron chi connectivity index (χ2n) is 6.87. The number of anilines is 2. The van der Waals surface area contributed by atoms with Gasteiger partial charge in [-0.1, -0.05) is 24.2 Å². The maximum absolute atomic E-state index is 14.8. The van der Waals surface area contributed by atoms with E-state index in [-0.39, 0.29) is 17.8 Å². The summed E-state index contributed by atoms with van der Waals surface area (Å²) in [7, 11) is 0. The van der Waals surface area contributed by atoms with Crippen LogP contribution in [0.3, 0.4) is 0 Å². The molecule has 2 aliphatic rings. The number of nitrogens with zero attached hydrogens (tertiary/aromatic N) is 3. The minimum atomic E-state index is -0.504. The van der Waals surface area contributed by atoms with Crippen molar-refractivity contribution in [3.8, 4) is 0 Å². The normalized spacial score (nSPS) is 19.3. The lowest BCUT2D eigenvalue weighted by atomic mass is 10.2. The minimum Gasteiger partial charge on any atom is -0.442 e. The van der Waals surface area contributed by atoms with Gasteiger partial charge in [0.15, 0.2) is 0 Å².